The Bertz CT molecular complexity index is 401. The summed E-state index contributed by atoms with van der Waals surface area (Å²) in [5.74, 6) is 0.941. The number of aromatic hydroxyl groups is 1. The minimum Gasteiger partial charge on any atom is -0.508 e. The fourth-order valence-corrected chi connectivity index (χ4v) is 2.72. The first-order valence-electron chi connectivity index (χ1n) is 6.63. The molecule has 0 amide bonds. The Morgan fingerprint density at radius 1 is 1.29 bits per heavy atom. The number of anilines is 1. The van der Waals surface area contributed by atoms with E-state index < -0.39 is 0 Å². The van der Waals surface area contributed by atoms with Crippen LogP contribution >= 0.6 is 0 Å². The van der Waals surface area contributed by atoms with E-state index in [4.69, 9.17) is 0 Å². The van der Waals surface area contributed by atoms with Gasteiger partial charge in [0, 0.05) is 36.8 Å². The van der Waals surface area contributed by atoms with Gasteiger partial charge in [-0.15, -0.1) is 0 Å². The Balaban J connectivity index is 1.69. The number of fused-ring (bicyclic) bond motifs is 1. The highest BCUT2D eigenvalue weighted by Crippen LogP contribution is 2.33. The Morgan fingerprint density at radius 3 is 2.94 bits per heavy atom. The lowest BCUT2D eigenvalue weighted by molar-refractivity contribution is 0.329. The van der Waals surface area contributed by atoms with Crippen molar-refractivity contribution >= 4 is 5.69 Å². The van der Waals surface area contributed by atoms with Gasteiger partial charge < -0.3 is 15.7 Å². The molecule has 2 aliphatic rings. The van der Waals surface area contributed by atoms with E-state index in [1.54, 1.807) is 6.07 Å². The number of hydrogen-bond acceptors (Lipinski definition) is 3. The fraction of sp³-hybridized carbons (Fsp3) is 0.571. The quantitative estimate of drug-likeness (QED) is 0.750. The van der Waals surface area contributed by atoms with Crippen LogP contribution in [0.3, 0.4) is 0 Å². The second kappa shape index (κ2) is 4.57. The standard InChI is InChI=1S/C14H20N2O/c17-12-4-5-13-10(6-7-15-14(13)8-12)9-16-11-2-1-3-11/h4-5,8,10-11,15-17H,1-3,6-7,9H2. The zero-order valence-corrected chi connectivity index (χ0v) is 10.1. The molecule has 1 saturated carbocycles. The van der Waals surface area contributed by atoms with Gasteiger partial charge in [-0.3, -0.25) is 0 Å². The van der Waals surface area contributed by atoms with Gasteiger partial charge in [-0.25, -0.2) is 0 Å². The van der Waals surface area contributed by atoms with E-state index in [9.17, 15) is 5.11 Å². The minimum absolute atomic E-state index is 0.351. The zero-order chi connectivity index (χ0) is 11.7. The predicted molar refractivity (Wildman–Crippen MR) is 69.6 cm³/mol. The summed E-state index contributed by atoms with van der Waals surface area (Å²) in [6.45, 7) is 2.08. The van der Waals surface area contributed by atoms with E-state index in [2.05, 4.69) is 16.7 Å². The summed E-state index contributed by atoms with van der Waals surface area (Å²) in [7, 11) is 0. The summed E-state index contributed by atoms with van der Waals surface area (Å²) in [6.07, 6.45) is 5.24. The summed E-state index contributed by atoms with van der Waals surface area (Å²) < 4.78 is 0. The van der Waals surface area contributed by atoms with Crippen molar-refractivity contribution in [2.45, 2.75) is 37.6 Å². The van der Waals surface area contributed by atoms with Gasteiger partial charge >= 0.3 is 0 Å². The van der Waals surface area contributed by atoms with Crippen molar-refractivity contribution in [3.63, 3.8) is 0 Å². The molecule has 0 radical (unpaired) electrons. The van der Waals surface area contributed by atoms with Crippen molar-refractivity contribution in [2.24, 2.45) is 0 Å². The first-order chi connectivity index (χ1) is 8.33. The van der Waals surface area contributed by atoms with Gasteiger partial charge in [0.05, 0.1) is 0 Å². The van der Waals surface area contributed by atoms with E-state index in [-0.39, 0.29) is 0 Å². The SMILES string of the molecule is Oc1ccc2c(c1)NCCC2CNC1CCC1. The highest BCUT2D eigenvalue weighted by Gasteiger charge is 2.23. The van der Waals surface area contributed by atoms with Gasteiger partial charge in [-0.05, 0) is 30.9 Å². The van der Waals surface area contributed by atoms with Crippen LogP contribution in [0.5, 0.6) is 5.75 Å². The van der Waals surface area contributed by atoms with Crippen LogP contribution in [-0.4, -0.2) is 24.2 Å². The maximum atomic E-state index is 9.48. The molecule has 0 aromatic heterocycles. The number of hydrogen-bond donors (Lipinski definition) is 3. The Kier molecular flexibility index (Phi) is 2.93. The molecule has 0 spiro atoms. The molecule has 1 heterocycles. The van der Waals surface area contributed by atoms with Crippen LogP contribution in [0.25, 0.3) is 0 Å². The molecule has 3 rings (SSSR count). The molecule has 0 bridgehead atoms. The Hall–Kier alpha value is -1.22. The molecule has 3 heteroatoms. The number of nitrogens with one attached hydrogen (secondary N) is 2. The number of phenols is 1. The topological polar surface area (TPSA) is 44.3 Å². The van der Waals surface area contributed by atoms with E-state index in [1.165, 1.54) is 31.2 Å². The molecule has 1 fully saturated rings. The first kappa shape index (κ1) is 10.9. The normalized spacial score (nSPS) is 23.6. The Labute approximate surface area is 102 Å². The molecule has 1 unspecified atom stereocenters. The molecule has 17 heavy (non-hydrogen) atoms. The summed E-state index contributed by atoms with van der Waals surface area (Å²) in [5.41, 5.74) is 2.46. The van der Waals surface area contributed by atoms with Crippen LogP contribution in [-0.2, 0) is 0 Å². The van der Waals surface area contributed by atoms with Gasteiger partial charge in [0.25, 0.3) is 0 Å². The van der Waals surface area contributed by atoms with Crippen LogP contribution in [0.4, 0.5) is 5.69 Å². The second-order valence-corrected chi connectivity index (χ2v) is 5.22. The molecule has 92 valence electrons. The minimum atomic E-state index is 0.351. The average Bonchev–Trinajstić information content (AvgIpc) is 2.26. The lowest BCUT2D eigenvalue weighted by Gasteiger charge is -2.32. The van der Waals surface area contributed by atoms with Gasteiger partial charge in [-0.1, -0.05) is 12.5 Å². The number of phenolic OH excluding ortho intramolecular Hbond substituents is 1. The second-order valence-electron chi connectivity index (χ2n) is 5.22. The van der Waals surface area contributed by atoms with Gasteiger partial charge in [0.2, 0.25) is 0 Å². The van der Waals surface area contributed by atoms with E-state index in [0.29, 0.717) is 11.7 Å². The molecular weight excluding hydrogens is 212 g/mol. The van der Waals surface area contributed by atoms with E-state index in [0.717, 1.165) is 24.8 Å². The van der Waals surface area contributed by atoms with Crippen molar-refractivity contribution < 1.29 is 5.11 Å². The van der Waals surface area contributed by atoms with Crippen LogP contribution in [0, 0.1) is 0 Å². The third-order valence-electron chi connectivity index (χ3n) is 4.04. The van der Waals surface area contributed by atoms with Gasteiger partial charge in [0.15, 0.2) is 0 Å². The summed E-state index contributed by atoms with van der Waals surface area (Å²) in [5, 5.41) is 16.5. The lowest BCUT2D eigenvalue weighted by atomic mass is 9.88. The number of rotatable bonds is 3. The van der Waals surface area contributed by atoms with E-state index in [1.807, 2.05) is 6.07 Å². The Morgan fingerprint density at radius 2 is 2.18 bits per heavy atom. The van der Waals surface area contributed by atoms with Crippen molar-refractivity contribution in [3.05, 3.63) is 23.8 Å². The molecule has 1 aliphatic carbocycles. The fourth-order valence-electron chi connectivity index (χ4n) is 2.72. The van der Waals surface area contributed by atoms with Crippen LogP contribution < -0.4 is 10.6 Å². The smallest absolute Gasteiger partial charge is 0.117 e. The van der Waals surface area contributed by atoms with Crippen LogP contribution in [0.15, 0.2) is 18.2 Å². The third kappa shape index (κ3) is 2.25. The number of benzene rings is 1. The molecule has 1 atom stereocenters. The molecule has 1 aromatic carbocycles. The van der Waals surface area contributed by atoms with Crippen LogP contribution in [0.2, 0.25) is 0 Å². The summed E-state index contributed by atoms with van der Waals surface area (Å²) >= 11 is 0. The highest BCUT2D eigenvalue weighted by molar-refractivity contribution is 5.58. The van der Waals surface area contributed by atoms with Gasteiger partial charge in [-0.2, -0.15) is 0 Å². The maximum absolute atomic E-state index is 9.48. The maximum Gasteiger partial charge on any atom is 0.117 e. The van der Waals surface area contributed by atoms with Gasteiger partial charge in [0.1, 0.15) is 5.75 Å². The third-order valence-corrected chi connectivity index (χ3v) is 4.04. The molecule has 1 aromatic rings. The molecule has 3 nitrogen and oxygen atoms in total. The van der Waals surface area contributed by atoms with Crippen molar-refractivity contribution in [1.82, 2.24) is 5.32 Å². The van der Waals surface area contributed by atoms with Crippen molar-refractivity contribution in [2.75, 3.05) is 18.4 Å². The summed E-state index contributed by atoms with van der Waals surface area (Å²) in [6, 6.07) is 6.45. The lowest BCUT2D eigenvalue weighted by Crippen LogP contribution is -2.38. The largest absolute Gasteiger partial charge is 0.508 e. The molecule has 3 N–H and O–H groups in total. The first-order valence-corrected chi connectivity index (χ1v) is 6.63. The van der Waals surface area contributed by atoms with E-state index >= 15 is 0 Å². The average molecular weight is 232 g/mol. The molecule has 1 aliphatic heterocycles. The van der Waals surface area contributed by atoms with Crippen molar-refractivity contribution in [3.8, 4) is 5.75 Å². The molecular formula is C14H20N2O. The molecule has 0 saturated heterocycles. The highest BCUT2D eigenvalue weighted by atomic mass is 16.3. The van der Waals surface area contributed by atoms with Crippen LogP contribution in [0.1, 0.15) is 37.2 Å². The predicted octanol–water partition coefficient (Wildman–Crippen LogP) is 2.43. The summed E-state index contributed by atoms with van der Waals surface area (Å²) in [4.78, 5) is 0. The monoisotopic (exact) mass is 232 g/mol. The van der Waals surface area contributed by atoms with Crippen molar-refractivity contribution in [1.29, 1.82) is 0 Å². The zero-order valence-electron chi connectivity index (χ0n) is 10.1.